The van der Waals surface area contributed by atoms with Crippen molar-refractivity contribution in [3.63, 3.8) is 0 Å². The first kappa shape index (κ1) is 23.9. The second-order valence-corrected chi connectivity index (χ2v) is 15.7. The minimum absolute atomic E-state index is 1.36. The molecule has 0 aliphatic carbocycles. The molecule has 0 radical (unpaired) electrons. The molecule has 3 aromatic carbocycles. The molecule has 164 valence electrons. The molecule has 2 aliphatic rings. The Morgan fingerprint density at radius 1 is 0.438 bits per heavy atom. The van der Waals surface area contributed by atoms with Gasteiger partial charge in [0.05, 0.1) is 25.4 Å². The largest absolute Gasteiger partial charge is 0.121 e. The monoisotopic (exact) mass is 564 g/mol. The summed E-state index contributed by atoms with van der Waals surface area (Å²) >= 11 is 15.2. The minimum atomic E-state index is 1.36. The minimum Gasteiger partial charge on any atom is -0.121 e. The highest BCUT2D eigenvalue weighted by Gasteiger charge is 2.25. The van der Waals surface area contributed by atoms with E-state index in [1.54, 1.807) is 0 Å². The molecule has 0 nitrogen and oxygen atoms in total. The Hall–Kier alpha value is 0.200. The van der Waals surface area contributed by atoms with Crippen LogP contribution < -0.4 is 10.4 Å². The number of rotatable bonds is 4. The lowest BCUT2D eigenvalue weighted by molar-refractivity contribution is 1.69. The van der Waals surface area contributed by atoms with Crippen LogP contribution in [0.15, 0.2) is 65.5 Å². The summed E-state index contributed by atoms with van der Waals surface area (Å²) in [6, 6.07) is 18.0. The summed E-state index contributed by atoms with van der Waals surface area (Å²) in [4.78, 5) is 0. The average Bonchev–Trinajstić information content (AvgIpc) is 3.45. The molecule has 0 saturated heterocycles. The van der Waals surface area contributed by atoms with Crippen LogP contribution in [0, 0.1) is 0 Å². The fourth-order valence-corrected chi connectivity index (χ4v) is 14.1. The highest BCUT2D eigenvalue weighted by Crippen LogP contribution is 2.58. The van der Waals surface area contributed by atoms with Gasteiger partial charge in [0.25, 0.3) is 0 Å². The molecule has 0 spiro atoms. The highest BCUT2D eigenvalue weighted by atomic mass is 32.3. The molecule has 3 aromatic rings. The maximum absolute atomic E-state index is 2.31. The fraction of sp³-hybridized carbons (Fsp3) is 0.167. The number of hydrogen-bond donors (Lipinski definition) is 0. The van der Waals surface area contributed by atoms with Gasteiger partial charge in [-0.2, -0.15) is 0 Å². The van der Waals surface area contributed by atoms with Gasteiger partial charge in [0.15, 0.2) is 0 Å². The summed E-state index contributed by atoms with van der Waals surface area (Å²) in [5.41, 5.74) is 0. The van der Waals surface area contributed by atoms with Crippen LogP contribution in [0.3, 0.4) is 0 Å². The first-order chi connectivity index (χ1) is 15.7. The van der Waals surface area contributed by atoms with Crippen LogP contribution in [0.25, 0.3) is 30.0 Å². The molecule has 0 aromatic heterocycles. The number of thioether (sulfide) groups is 8. The normalized spacial score (nSPS) is 17.0. The van der Waals surface area contributed by atoms with E-state index in [0.717, 1.165) is 0 Å². The number of benzene rings is 3. The number of fused-ring (bicyclic) bond motifs is 2. The first-order valence-corrected chi connectivity index (χ1v) is 17.9. The molecule has 2 aliphatic heterocycles. The summed E-state index contributed by atoms with van der Waals surface area (Å²) < 4.78 is 8.49. The third-order valence-corrected chi connectivity index (χ3v) is 15.6. The van der Waals surface area contributed by atoms with Crippen molar-refractivity contribution in [3.05, 3.63) is 75.9 Å². The first-order valence-electron chi connectivity index (χ1n) is 9.74. The fourth-order valence-electron chi connectivity index (χ4n) is 3.82. The van der Waals surface area contributed by atoms with E-state index in [1.165, 1.54) is 57.4 Å². The molecule has 5 rings (SSSR count). The van der Waals surface area contributed by atoms with Crippen molar-refractivity contribution in [3.8, 4) is 0 Å². The molecule has 0 bridgehead atoms. The second kappa shape index (κ2) is 10.4. The van der Waals surface area contributed by atoms with Gasteiger partial charge in [-0.25, -0.2) is 0 Å². The lowest BCUT2D eigenvalue weighted by atomic mass is 9.99. The van der Waals surface area contributed by atoms with Crippen molar-refractivity contribution in [1.82, 2.24) is 0 Å². The Morgan fingerprint density at radius 2 is 0.688 bits per heavy atom. The van der Waals surface area contributed by atoms with E-state index in [2.05, 4.69) is 73.6 Å². The van der Waals surface area contributed by atoms with Gasteiger partial charge >= 0.3 is 0 Å². The molecule has 0 saturated carbocycles. The topological polar surface area (TPSA) is 0 Å². The van der Waals surface area contributed by atoms with Gasteiger partial charge in [0.2, 0.25) is 0 Å². The van der Waals surface area contributed by atoms with E-state index in [4.69, 9.17) is 0 Å². The van der Waals surface area contributed by atoms with Gasteiger partial charge < -0.3 is 0 Å². The summed E-state index contributed by atoms with van der Waals surface area (Å²) in [6.07, 6.45) is 8.75. The standard InChI is InChI=1S/C24H20S8/c1-25-21-22(26-2)30-19(29-21)17-13-9-5-7-11-15(13)18(16-12-8-6-10-14(16)17)20-31-23(27-3)24(28-4)32-20/h5-12H,1-4H3. The maximum atomic E-state index is 2.31. The Balaban J connectivity index is 1.90. The highest BCUT2D eigenvalue weighted by molar-refractivity contribution is 8.46. The van der Waals surface area contributed by atoms with E-state index in [1.807, 2.05) is 94.1 Å². The van der Waals surface area contributed by atoms with Crippen LogP contribution in [-0.4, -0.2) is 25.0 Å². The molecule has 0 atom stereocenters. The van der Waals surface area contributed by atoms with Gasteiger partial charge in [-0.1, -0.05) is 95.6 Å². The lowest BCUT2D eigenvalue weighted by Crippen LogP contribution is -2.16. The molecule has 2 heterocycles. The Kier molecular flexibility index (Phi) is 7.81. The van der Waals surface area contributed by atoms with Gasteiger partial charge in [-0.05, 0) is 46.6 Å². The van der Waals surface area contributed by atoms with Crippen LogP contribution in [0.1, 0.15) is 0 Å². The smallest absolute Gasteiger partial charge is 0.0657 e. The van der Waals surface area contributed by atoms with Crippen LogP contribution in [-0.2, 0) is 0 Å². The molecule has 0 unspecified atom stereocenters. The zero-order valence-corrected chi connectivity index (χ0v) is 24.4. The summed E-state index contributed by atoms with van der Waals surface area (Å²) in [5, 5.41) is 8.21. The Morgan fingerprint density at radius 3 is 0.906 bits per heavy atom. The maximum Gasteiger partial charge on any atom is 0.0657 e. The van der Waals surface area contributed by atoms with Crippen LogP contribution in [0.4, 0.5) is 0 Å². The molecular formula is C24H20S8. The van der Waals surface area contributed by atoms with Crippen molar-refractivity contribution < 1.29 is 0 Å². The van der Waals surface area contributed by atoms with Crippen molar-refractivity contribution in [2.24, 2.45) is 0 Å². The predicted molar refractivity (Wildman–Crippen MR) is 166 cm³/mol. The van der Waals surface area contributed by atoms with Gasteiger partial charge in [0.1, 0.15) is 0 Å². The van der Waals surface area contributed by atoms with E-state index < -0.39 is 0 Å². The van der Waals surface area contributed by atoms with Crippen molar-refractivity contribution >= 4 is 124 Å². The number of hydrogen-bond acceptors (Lipinski definition) is 8. The molecule has 0 N–H and O–H groups in total. The van der Waals surface area contributed by atoms with Gasteiger partial charge in [-0.3, -0.25) is 0 Å². The van der Waals surface area contributed by atoms with E-state index in [-0.39, 0.29) is 0 Å². The summed E-state index contributed by atoms with van der Waals surface area (Å²) in [7, 11) is 0. The SMILES string of the molecule is CSC1=C(SC)SC(=c2c3ccccc3c(=C3SC(SC)=C(SC)S3)c3ccccc23)S1. The molecule has 8 heteroatoms. The zero-order chi connectivity index (χ0) is 22.2. The quantitative estimate of drug-likeness (QED) is 0.285. The molecule has 0 amide bonds. The van der Waals surface area contributed by atoms with E-state index in [0.29, 0.717) is 0 Å². The summed E-state index contributed by atoms with van der Waals surface area (Å²) in [6.45, 7) is 0. The van der Waals surface area contributed by atoms with Crippen molar-refractivity contribution in [2.75, 3.05) is 25.0 Å². The Labute approximate surface area is 223 Å². The van der Waals surface area contributed by atoms with Crippen molar-refractivity contribution in [2.45, 2.75) is 0 Å². The lowest BCUT2D eigenvalue weighted by Gasteiger charge is -2.11. The summed E-state index contributed by atoms with van der Waals surface area (Å²) in [5.74, 6) is 0. The van der Waals surface area contributed by atoms with Gasteiger partial charge in [0, 0.05) is 10.4 Å². The van der Waals surface area contributed by atoms with Crippen LogP contribution in [0.5, 0.6) is 0 Å². The predicted octanol–water partition coefficient (Wildman–Crippen LogP) is 8.79. The molecule has 0 fully saturated rings. The average molecular weight is 565 g/mol. The second-order valence-electron chi connectivity index (χ2n) is 6.79. The zero-order valence-electron chi connectivity index (χ0n) is 17.9. The third-order valence-electron chi connectivity index (χ3n) is 5.16. The van der Waals surface area contributed by atoms with Crippen LogP contribution >= 0.6 is 94.1 Å². The molecule has 32 heavy (non-hydrogen) atoms. The van der Waals surface area contributed by atoms with Crippen molar-refractivity contribution in [1.29, 1.82) is 0 Å². The van der Waals surface area contributed by atoms with Crippen LogP contribution in [0.2, 0.25) is 0 Å². The van der Waals surface area contributed by atoms with Gasteiger partial charge in [-0.15, -0.1) is 47.0 Å². The third kappa shape index (κ3) is 4.21. The molecular weight excluding hydrogens is 545 g/mol. The van der Waals surface area contributed by atoms with E-state index in [9.17, 15) is 0 Å². The van der Waals surface area contributed by atoms with E-state index >= 15 is 0 Å². The Bertz CT molecular complexity index is 1210.